The minimum absolute atomic E-state index is 0.191. The molecule has 3 aromatic heterocycles. The number of nitrogens with one attached hydrogen (secondary N) is 1. The van der Waals surface area contributed by atoms with Gasteiger partial charge in [0.2, 0.25) is 11.9 Å². The standard InChI is InChI=1S/C21H20N6OS/c1-13-12-14(2)26-27-18(13)17(16-8-5-4-6-9-16)24-21(27)29-15(3)19(28)25-20-22-10-7-11-23-20/h4-12,15H,1-3H3,(H,22,23,25,28). The van der Waals surface area contributed by atoms with Crippen molar-refractivity contribution >= 4 is 29.1 Å². The number of nitrogens with zero attached hydrogens (tertiary/aromatic N) is 5. The first-order chi connectivity index (χ1) is 14.0. The van der Waals surface area contributed by atoms with Crippen molar-refractivity contribution in [3.8, 4) is 11.3 Å². The lowest BCUT2D eigenvalue weighted by atomic mass is 10.1. The zero-order chi connectivity index (χ0) is 20.4. The summed E-state index contributed by atoms with van der Waals surface area (Å²) in [5.74, 6) is 0.0938. The smallest absolute Gasteiger partial charge is 0.240 e. The van der Waals surface area contributed by atoms with E-state index in [2.05, 4.69) is 27.3 Å². The number of imidazole rings is 1. The van der Waals surface area contributed by atoms with Crippen LogP contribution in [0.2, 0.25) is 0 Å². The Balaban J connectivity index is 1.69. The number of aryl methyl sites for hydroxylation is 2. The van der Waals surface area contributed by atoms with Crippen molar-refractivity contribution < 1.29 is 4.79 Å². The maximum absolute atomic E-state index is 12.6. The van der Waals surface area contributed by atoms with Crippen molar-refractivity contribution in [2.75, 3.05) is 5.32 Å². The third-order valence-electron chi connectivity index (χ3n) is 4.38. The molecule has 29 heavy (non-hydrogen) atoms. The Labute approximate surface area is 172 Å². The summed E-state index contributed by atoms with van der Waals surface area (Å²) in [6.07, 6.45) is 3.17. The van der Waals surface area contributed by atoms with Gasteiger partial charge in [-0.2, -0.15) is 5.10 Å². The maximum Gasteiger partial charge on any atom is 0.240 e. The number of hydrogen-bond donors (Lipinski definition) is 1. The molecule has 1 unspecified atom stereocenters. The topological polar surface area (TPSA) is 85.1 Å². The van der Waals surface area contributed by atoms with Gasteiger partial charge in [-0.25, -0.2) is 19.5 Å². The minimum Gasteiger partial charge on any atom is -0.294 e. The summed E-state index contributed by atoms with van der Waals surface area (Å²) < 4.78 is 1.83. The Morgan fingerprint density at radius 2 is 1.83 bits per heavy atom. The van der Waals surface area contributed by atoms with Crippen molar-refractivity contribution in [1.29, 1.82) is 0 Å². The van der Waals surface area contributed by atoms with E-state index in [1.54, 1.807) is 18.5 Å². The first-order valence-electron chi connectivity index (χ1n) is 9.20. The van der Waals surface area contributed by atoms with E-state index in [0.717, 1.165) is 28.0 Å². The van der Waals surface area contributed by atoms with E-state index >= 15 is 0 Å². The molecule has 1 aromatic carbocycles. The summed E-state index contributed by atoms with van der Waals surface area (Å²) >= 11 is 1.36. The van der Waals surface area contributed by atoms with Crippen LogP contribution in [0, 0.1) is 13.8 Å². The normalized spacial score (nSPS) is 12.1. The van der Waals surface area contributed by atoms with Crippen LogP contribution in [0.5, 0.6) is 0 Å². The molecule has 0 radical (unpaired) electrons. The summed E-state index contributed by atoms with van der Waals surface area (Å²) in [7, 11) is 0. The largest absolute Gasteiger partial charge is 0.294 e. The molecule has 8 heteroatoms. The third kappa shape index (κ3) is 3.97. The zero-order valence-corrected chi connectivity index (χ0v) is 17.1. The van der Waals surface area contributed by atoms with Crippen molar-refractivity contribution in [2.45, 2.75) is 31.2 Å². The number of benzene rings is 1. The molecule has 146 valence electrons. The Bertz CT molecular complexity index is 1160. The molecule has 0 spiro atoms. The van der Waals surface area contributed by atoms with Crippen LogP contribution in [0.25, 0.3) is 16.8 Å². The van der Waals surface area contributed by atoms with E-state index in [1.807, 2.05) is 54.8 Å². The number of carbonyl (C=O) groups excluding carboxylic acids is 1. The molecule has 0 aliphatic carbocycles. The van der Waals surface area contributed by atoms with E-state index < -0.39 is 5.25 Å². The van der Waals surface area contributed by atoms with Crippen molar-refractivity contribution in [2.24, 2.45) is 0 Å². The Morgan fingerprint density at radius 1 is 1.10 bits per heavy atom. The second-order valence-corrected chi connectivity index (χ2v) is 7.97. The van der Waals surface area contributed by atoms with Gasteiger partial charge in [0.1, 0.15) is 0 Å². The lowest BCUT2D eigenvalue weighted by Crippen LogP contribution is -2.23. The molecule has 0 fully saturated rings. The Hall–Kier alpha value is -3.26. The lowest BCUT2D eigenvalue weighted by Gasteiger charge is -2.10. The van der Waals surface area contributed by atoms with Crippen LogP contribution in [-0.2, 0) is 4.79 Å². The second kappa shape index (κ2) is 8.00. The van der Waals surface area contributed by atoms with Crippen LogP contribution < -0.4 is 5.32 Å². The molecule has 0 bridgehead atoms. The molecule has 1 atom stereocenters. The summed E-state index contributed by atoms with van der Waals surface area (Å²) in [5.41, 5.74) is 4.80. The quantitative estimate of drug-likeness (QED) is 0.508. The summed E-state index contributed by atoms with van der Waals surface area (Å²) in [6, 6.07) is 13.7. The van der Waals surface area contributed by atoms with Crippen LogP contribution in [0.1, 0.15) is 18.2 Å². The number of thioether (sulfide) groups is 1. The van der Waals surface area contributed by atoms with Gasteiger partial charge in [0.05, 0.1) is 22.2 Å². The third-order valence-corrected chi connectivity index (χ3v) is 5.42. The summed E-state index contributed by atoms with van der Waals surface area (Å²) in [4.78, 5) is 25.5. The lowest BCUT2D eigenvalue weighted by molar-refractivity contribution is -0.115. The van der Waals surface area contributed by atoms with Crippen LogP contribution in [0.4, 0.5) is 5.95 Å². The predicted octanol–water partition coefficient (Wildman–Crippen LogP) is 3.92. The summed E-state index contributed by atoms with van der Waals surface area (Å²) in [6.45, 7) is 5.83. The van der Waals surface area contributed by atoms with Gasteiger partial charge in [0, 0.05) is 18.0 Å². The first kappa shape index (κ1) is 19.1. The minimum atomic E-state index is -0.407. The van der Waals surface area contributed by atoms with Gasteiger partial charge >= 0.3 is 0 Å². The monoisotopic (exact) mass is 404 g/mol. The number of rotatable bonds is 5. The summed E-state index contributed by atoms with van der Waals surface area (Å²) in [5, 5.41) is 7.65. The van der Waals surface area contributed by atoms with Crippen molar-refractivity contribution in [3.05, 3.63) is 66.1 Å². The van der Waals surface area contributed by atoms with E-state index in [-0.39, 0.29) is 11.9 Å². The molecule has 0 saturated carbocycles. The Kier molecular flexibility index (Phi) is 5.26. The van der Waals surface area contributed by atoms with Crippen LogP contribution in [0.3, 0.4) is 0 Å². The highest BCUT2D eigenvalue weighted by atomic mass is 32.2. The predicted molar refractivity (Wildman–Crippen MR) is 114 cm³/mol. The molecule has 3 heterocycles. The SMILES string of the molecule is Cc1cc(C)c2c(-c3ccccc3)nc(SC(C)C(=O)Nc3ncccn3)n2n1. The number of hydrogen-bond acceptors (Lipinski definition) is 6. The fourth-order valence-electron chi connectivity index (χ4n) is 3.07. The molecule has 4 aromatic rings. The maximum atomic E-state index is 12.6. The number of carbonyl (C=O) groups is 1. The average Bonchev–Trinajstić information content (AvgIpc) is 3.08. The molecule has 1 N–H and O–H groups in total. The van der Waals surface area contributed by atoms with Gasteiger partial charge in [-0.05, 0) is 38.5 Å². The molecule has 4 rings (SSSR count). The average molecular weight is 404 g/mol. The number of fused-ring (bicyclic) bond motifs is 1. The highest BCUT2D eigenvalue weighted by Gasteiger charge is 2.22. The highest BCUT2D eigenvalue weighted by molar-refractivity contribution is 8.00. The molecule has 0 saturated heterocycles. The van der Waals surface area contributed by atoms with Gasteiger partial charge < -0.3 is 0 Å². The zero-order valence-electron chi connectivity index (χ0n) is 16.3. The molecular formula is C21H20N6OS. The van der Waals surface area contributed by atoms with E-state index in [1.165, 1.54) is 11.8 Å². The van der Waals surface area contributed by atoms with Gasteiger partial charge in [0.25, 0.3) is 0 Å². The fraction of sp³-hybridized carbons (Fsp3) is 0.190. The van der Waals surface area contributed by atoms with Crippen molar-refractivity contribution in [1.82, 2.24) is 24.6 Å². The molecule has 0 aliphatic rings. The van der Waals surface area contributed by atoms with Gasteiger partial charge in [-0.3, -0.25) is 10.1 Å². The van der Waals surface area contributed by atoms with Crippen LogP contribution >= 0.6 is 11.8 Å². The first-order valence-corrected chi connectivity index (χ1v) is 10.1. The van der Waals surface area contributed by atoms with Crippen LogP contribution in [-0.4, -0.2) is 35.7 Å². The molecular weight excluding hydrogens is 384 g/mol. The fourth-order valence-corrected chi connectivity index (χ4v) is 3.93. The number of amides is 1. The van der Waals surface area contributed by atoms with Gasteiger partial charge in [-0.1, -0.05) is 42.1 Å². The van der Waals surface area contributed by atoms with Crippen LogP contribution in [0.15, 0.2) is 60.0 Å². The second-order valence-electron chi connectivity index (χ2n) is 6.66. The van der Waals surface area contributed by atoms with Gasteiger partial charge in [0.15, 0.2) is 5.16 Å². The molecule has 7 nitrogen and oxygen atoms in total. The molecule has 0 aliphatic heterocycles. The number of anilines is 1. The van der Waals surface area contributed by atoms with E-state index in [4.69, 9.17) is 4.98 Å². The van der Waals surface area contributed by atoms with E-state index in [0.29, 0.717) is 5.16 Å². The highest BCUT2D eigenvalue weighted by Crippen LogP contribution is 2.32. The van der Waals surface area contributed by atoms with Gasteiger partial charge in [-0.15, -0.1) is 0 Å². The molecule has 1 amide bonds. The number of aromatic nitrogens is 5. The van der Waals surface area contributed by atoms with E-state index in [9.17, 15) is 4.79 Å². The Morgan fingerprint density at radius 3 is 2.55 bits per heavy atom. The van der Waals surface area contributed by atoms with Crippen molar-refractivity contribution in [3.63, 3.8) is 0 Å².